The molecule has 3 fully saturated rings. The minimum Gasteiger partial charge on any atom is -0.347 e. The number of carbonyl (C=O) groups excluding carboxylic acids is 1. The lowest BCUT2D eigenvalue weighted by Crippen LogP contribution is -2.47. The molecule has 0 radical (unpaired) electrons. The highest BCUT2D eigenvalue weighted by Gasteiger charge is 2.49. The largest absolute Gasteiger partial charge is 0.347 e. The van der Waals surface area contributed by atoms with Crippen molar-refractivity contribution in [3.63, 3.8) is 0 Å². The van der Waals surface area contributed by atoms with E-state index in [1.165, 1.54) is 6.07 Å². The zero-order valence-electron chi connectivity index (χ0n) is 12.5. The summed E-state index contributed by atoms with van der Waals surface area (Å²) in [6, 6.07) is 6.77. The van der Waals surface area contributed by atoms with Crippen molar-refractivity contribution >= 4 is 5.91 Å². The van der Waals surface area contributed by atoms with Gasteiger partial charge >= 0.3 is 0 Å². The Morgan fingerprint density at radius 2 is 1.86 bits per heavy atom. The Balaban J connectivity index is 1.37. The van der Waals surface area contributed by atoms with Crippen LogP contribution in [0.3, 0.4) is 0 Å². The van der Waals surface area contributed by atoms with E-state index in [9.17, 15) is 9.18 Å². The average Bonchev–Trinajstić information content (AvgIpc) is 3.21. The molecule has 1 saturated carbocycles. The van der Waals surface area contributed by atoms with E-state index in [4.69, 9.17) is 9.47 Å². The molecule has 4 rings (SSSR count). The quantitative estimate of drug-likeness (QED) is 0.841. The van der Waals surface area contributed by atoms with Crippen molar-refractivity contribution < 1.29 is 18.7 Å². The lowest BCUT2D eigenvalue weighted by Gasteiger charge is -2.37. The first-order chi connectivity index (χ1) is 10.7. The number of hydrogen-bond donors (Lipinski definition) is 0. The van der Waals surface area contributed by atoms with Crippen molar-refractivity contribution in [1.29, 1.82) is 0 Å². The van der Waals surface area contributed by atoms with Gasteiger partial charge in [0.2, 0.25) is 5.91 Å². The molecule has 2 atom stereocenters. The predicted octanol–water partition coefficient (Wildman–Crippen LogP) is 2.29. The van der Waals surface area contributed by atoms with Gasteiger partial charge in [-0.2, -0.15) is 0 Å². The van der Waals surface area contributed by atoms with Gasteiger partial charge in [0, 0.05) is 31.8 Å². The SMILES string of the molecule is O=C(C1CC1c1ccccc1F)N1CCC2(CC1)OCCO2. The molecule has 1 amide bonds. The zero-order chi connectivity index (χ0) is 15.2. The number of benzene rings is 1. The molecule has 3 aliphatic rings. The Kier molecular flexibility index (Phi) is 3.42. The lowest BCUT2D eigenvalue weighted by atomic mass is 10.0. The lowest BCUT2D eigenvalue weighted by molar-refractivity contribution is -0.187. The van der Waals surface area contributed by atoms with Gasteiger partial charge < -0.3 is 14.4 Å². The molecule has 22 heavy (non-hydrogen) atoms. The molecule has 0 aromatic heterocycles. The van der Waals surface area contributed by atoms with Crippen LogP contribution >= 0.6 is 0 Å². The molecule has 1 aliphatic carbocycles. The Bertz CT molecular complexity index is 575. The van der Waals surface area contributed by atoms with Crippen LogP contribution in [0.5, 0.6) is 0 Å². The zero-order valence-corrected chi connectivity index (χ0v) is 12.5. The van der Waals surface area contributed by atoms with Crippen molar-refractivity contribution in [1.82, 2.24) is 4.90 Å². The standard InChI is InChI=1S/C17H20FNO3/c18-15-4-2-1-3-12(15)13-11-14(13)16(20)19-7-5-17(6-8-19)21-9-10-22-17/h1-4,13-14H,5-11H2. The van der Waals surface area contributed by atoms with Gasteiger partial charge in [0.25, 0.3) is 0 Å². The van der Waals surface area contributed by atoms with Crippen LogP contribution in [0, 0.1) is 11.7 Å². The normalized spacial score (nSPS) is 29.8. The first-order valence-corrected chi connectivity index (χ1v) is 8.00. The van der Waals surface area contributed by atoms with Crippen LogP contribution in [0.15, 0.2) is 24.3 Å². The van der Waals surface area contributed by atoms with E-state index in [2.05, 4.69) is 0 Å². The summed E-state index contributed by atoms with van der Waals surface area (Å²) in [5, 5.41) is 0. The first kappa shape index (κ1) is 14.2. The fourth-order valence-corrected chi connectivity index (χ4v) is 3.68. The molecule has 4 nitrogen and oxygen atoms in total. The second kappa shape index (κ2) is 5.32. The van der Waals surface area contributed by atoms with E-state index in [0.29, 0.717) is 31.9 Å². The fourth-order valence-electron chi connectivity index (χ4n) is 3.68. The van der Waals surface area contributed by atoms with Crippen LogP contribution < -0.4 is 0 Å². The summed E-state index contributed by atoms with van der Waals surface area (Å²) in [5.41, 5.74) is 0.678. The summed E-state index contributed by atoms with van der Waals surface area (Å²) in [7, 11) is 0. The topological polar surface area (TPSA) is 38.8 Å². The molecule has 2 heterocycles. The summed E-state index contributed by atoms with van der Waals surface area (Å²) in [5.74, 6) is -0.514. The van der Waals surface area contributed by atoms with Crippen LogP contribution in [0.2, 0.25) is 0 Å². The first-order valence-electron chi connectivity index (χ1n) is 8.00. The molecule has 1 aromatic carbocycles. The third-order valence-electron chi connectivity index (χ3n) is 5.06. The average molecular weight is 305 g/mol. The highest BCUT2D eigenvalue weighted by molar-refractivity contribution is 5.83. The van der Waals surface area contributed by atoms with E-state index in [0.717, 1.165) is 19.3 Å². The van der Waals surface area contributed by atoms with Crippen molar-refractivity contribution in [3.05, 3.63) is 35.6 Å². The molecule has 5 heteroatoms. The third-order valence-corrected chi connectivity index (χ3v) is 5.06. The van der Waals surface area contributed by atoms with Gasteiger partial charge in [-0.3, -0.25) is 4.79 Å². The molecule has 2 aliphatic heterocycles. The van der Waals surface area contributed by atoms with Crippen molar-refractivity contribution in [2.45, 2.75) is 31.0 Å². The van der Waals surface area contributed by atoms with E-state index in [1.807, 2.05) is 11.0 Å². The number of rotatable bonds is 2. The number of nitrogens with zero attached hydrogens (tertiary/aromatic N) is 1. The number of likely N-dealkylation sites (tertiary alicyclic amines) is 1. The van der Waals surface area contributed by atoms with Gasteiger partial charge in [-0.15, -0.1) is 0 Å². The van der Waals surface area contributed by atoms with Gasteiger partial charge in [-0.05, 0) is 24.0 Å². The minimum absolute atomic E-state index is 0.0450. The summed E-state index contributed by atoms with van der Waals surface area (Å²) in [6.45, 7) is 2.62. The monoisotopic (exact) mass is 305 g/mol. The van der Waals surface area contributed by atoms with Gasteiger partial charge in [0.05, 0.1) is 13.2 Å². The van der Waals surface area contributed by atoms with E-state index in [1.54, 1.807) is 12.1 Å². The van der Waals surface area contributed by atoms with Gasteiger partial charge in [-0.25, -0.2) is 4.39 Å². The van der Waals surface area contributed by atoms with Crippen LogP contribution in [-0.4, -0.2) is 42.9 Å². The number of carbonyl (C=O) groups is 1. The molecule has 2 saturated heterocycles. The highest BCUT2D eigenvalue weighted by atomic mass is 19.1. The Labute approximate surface area is 129 Å². The smallest absolute Gasteiger partial charge is 0.226 e. The molecule has 118 valence electrons. The summed E-state index contributed by atoms with van der Waals surface area (Å²) in [6.07, 6.45) is 2.22. The Morgan fingerprint density at radius 3 is 2.55 bits per heavy atom. The van der Waals surface area contributed by atoms with Gasteiger partial charge in [-0.1, -0.05) is 18.2 Å². The third kappa shape index (κ3) is 2.42. The maximum Gasteiger partial charge on any atom is 0.226 e. The number of amides is 1. The number of halogens is 1. The summed E-state index contributed by atoms with van der Waals surface area (Å²) < 4.78 is 25.2. The molecule has 1 aromatic rings. The summed E-state index contributed by atoms with van der Waals surface area (Å²) in [4.78, 5) is 14.5. The maximum atomic E-state index is 13.8. The molecular formula is C17H20FNO3. The van der Waals surface area contributed by atoms with Crippen LogP contribution in [0.25, 0.3) is 0 Å². The second-order valence-corrected chi connectivity index (χ2v) is 6.40. The van der Waals surface area contributed by atoms with Crippen molar-refractivity contribution in [3.8, 4) is 0 Å². The number of ether oxygens (including phenoxy) is 2. The Morgan fingerprint density at radius 1 is 1.18 bits per heavy atom. The molecule has 2 unspecified atom stereocenters. The number of hydrogen-bond acceptors (Lipinski definition) is 3. The molecule has 0 bridgehead atoms. The highest BCUT2D eigenvalue weighted by Crippen LogP contribution is 2.49. The van der Waals surface area contributed by atoms with Crippen LogP contribution in [-0.2, 0) is 14.3 Å². The Hall–Kier alpha value is -1.46. The van der Waals surface area contributed by atoms with Crippen LogP contribution in [0.4, 0.5) is 4.39 Å². The fraction of sp³-hybridized carbons (Fsp3) is 0.588. The number of piperidine rings is 1. The van der Waals surface area contributed by atoms with Crippen LogP contribution in [0.1, 0.15) is 30.7 Å². The molecule has 1 spiro atoms. The van der Waals surface area contributed by atoms with E-state index in [-0.39, 0.29) is 23.6 Å². The van der Waals surface area contributed by atoms with Gasteiger partial charge in [0.15, 0.2) is 5.79 Å². The van der Waals surface area contributed by atoms with Crippen molar-refractivity contribution in [2.24, 2.45) is 5.92 Å². The second-order valence-electron chi connectivity index (χ2n) is 6.40. The van der Waals surface area contributed by atoms with Gasteiger partial charge in [0.1, 0.15) is 5.82 Å². The molecular weight excluding hydrogens is 285 g/mol. The molecule has 0 N–H and O–H groups in total. The van der Waals surface area contributed by atoms with E-state index >= 15 is 0 Å². The summed E-state index contributed by atoms with van der Waals surface area (Å²) >= 11 is 0. The maximum absolute atomic E-state index is 13.8. The van der Waals surface area contributed by atoms with Crippen molar-refractivity contribution in [2.75, 3.05) is 26.3 Å². The predicted molar refractivity (Wildman–Crippen MR) is 77.7 cm³/mol. The minimum atomic E-state index is -0.453. The van der Waals surface area contributed by atoms with E-state index < -0.39 is 5.79 Å².